The first-order valence-electron chi connectivity index (χ1n) is 10.4. The van der Waals surface area contributed by atoms with Gasteiger partial charge >= 0.3 is 6.09 Å². The molecule has 2 aromatic rings. The molecule has 1 aromatic heterocycles. The van der Waals surface area contributed by atoms with E-state index < -0.39 is 36.0 Å². The van der Waals surface area contributed by atoms with Crippen molar-refractivity contribution in [2.24, 2.45) is 0 Å². The number of hydrogen-bond donors (Lipinski definition) is 1. The summed E-state index contributed by atoms with van der Waals surface area (Å²) >= 11 is 0. The first kappa shape index (κ1) is 22.8. The molecule has 2 aliphatic heterocycles. The molecule has 3 heterocycles. The molecular weight excluding hydrogens is 448 g/mol. The Kier molecular flexibility index (Phi) is 6.38. The molecule has 1 N–H and O–H groups in total. The van der Waals surface area contributed by atoms with E-state index in [-0.39, 0.29) is 49.5 Å². The van der Waals surface area contributed by atoms with E-state index in [1.165, 1.54) is 22.7 Å². The molecule has 0 radical (unpaired) electrons. The molecule has 2 saturated heterocycles. The maximum Gasteiger partial charge on any atom is 0.414 e. The van der Waals surface area contributed by atoms with Crippen molar-refractivity contribution in [2.75, 3.05) is 36.0 Å². The molecule has 9 nitrogen and oxygen atoms in total. The lowest BCUT2D eigenvalue weighted by molar-refractivity contribution is -0.119. The van der Waals surface area contributed by atoms with Gasteiger partial charge in [0.15, 0.2) is 11.6 Å². The Hall–Kier alpha value is -3.38. The zero-order valence-corrected chi connectivity index (χ0v) is 17.7. The van der Waals surface area contributed by atoms with Crippen LogP contribution in [0.1, 0.15) is 37.9 Å². The number of carbonyl (C=O) groups excluding carboxylic acids is 2. The third-order valence-corrected chi connectivity index (χ3v) is 5.67. The SMILES string of the molecule is CC(=O)NCC1CN(c2cc(F)c(N3CCC(n4cc(C(F)F)nn4)CC3)c(F)c2)C(=O)O1. The van der Waals surface area contributed by atoms with Crippen molar-refractivity contribution in [3.8, 4) is 0 Å². The van der Waals surface area contributed by atoms with Gasteiger partial charge in [0, 0.05) is 32.1 Å². The summed E-state index contributed by atoms with van der Waals surface area (Å²) in [6.07, 6.45) is -2.03. The molecule has 2 fully saturated rings. The van der Waals surface area contributed by atoms with Crippen LogP contribution in [0.4, 0.5) is 33.7 Å². The van der Waals surface area contributed by atoms with E-state index >= 15 is 0 Å². The van der Waals surface area contributed by atoms with Gasteiger partial charge in [-0.15, -0.1) is 5.10 Å². The fraction of sp³-hybridized carbons (Fsp3) is 0.500. The Morgan fingerprint density at radius 1 is 1.24 bits per heavy atom. The van der Waals surface area contributed by atoms with Crippen LogP contribution in [0.5, 0.6) is 0 Å². The second kappa shape index (κ2) is 9.24. The minimum Gasteiger partial charge on any atom is -0.442 e. The molecule has 1 atom stereocenters. The molecule has 0 bridgehead atoms. The number of hydrogen-bond acceptors (Lipinski definition) is 6. The summed E-state index contributed by atoms with van der Waals surface area (Å²) in [7, 11) is 0. The number of ether oxygens (including phenoxy) is 1. The summed E-state index contributed by atoms with van der Waals surface area (Å²) in [5, 5.41) is 9.71. The zero-order valence-electron chi connectivity index (χ0n) is 17.7. The number of cyclic esters (lactones) is 1. The van der Waals surface area contributed by atoms with Crippen molar-refractivity contribution in [2.45, 2.75) is 38.3 Å². The minimum absolute atomic E-state index is 0.0149. The number of halogens is 4. The Labute approximate surface area is 186 Å². The van der Waals surface area contributed by atoms with Crippen LogP contribution in [-0.4, -0.2) is 59.3 Å². The highest BCUT2D eigenvalue weighted by molar-refractivity contribution is 5.90. The molecule has 1 aromatic carbocycles. The van der Waals surface area contributed by atoms with Crippen LogP contribution in [0.3, 0.4) is 0 Å². The van der Waals surface area contributed by atoms with Gasteiger partial charge in [-0.05, 0) is 12.8 Å². The molecule has 0 spiro atoms. The van der Waals surface area contributed by atoms with E-state index in [1.807, 2.05) is 0 Å². The van der Waals surface area contributed by atoms with Crippen molar-refractivity contribution in [3.63, 3.8) is 0 Å². The summed E-state index contributed by atoms with van der Waals surface area (Å²) < 4.78 is 61.8. The Morgan fingerprint density at radius 3 is 2.48 bits per heavy atom. The van der Waals surface area contributed by atoms with Gasteiger partial charge < -0.3 is 15.0 Å². The van der Waals surface area contributed by atoms with Gasteiger partial charge in [-0.25, -0.2) is 27.0 Å². The molecule has 2 amide bonds. The van der Waals surface area contributed by atoms with Crippen LogP contribution >= 0.6 is 0 Å². The first-order chi connectivity index (χ1) is 15.7. The number of rotatable bonds is 6. The van der Waals surface area contributed by atoms with Gasteiger partial charge in [-0.1, -0.05) is 5.21 Å². The molecule has 13 heteroatoms. The van der Waals surface area contributed by atoms with Crippen molar-refractivity contribution in [1.82, 2.24) is 20.3 Å². The van der Waals surface area contributed by atoms with Crippen LogP contribution in [0.15, 0.2) is 18.3 Å². The lowest BCUT2D eigenvalue weighted by Crippen LogP contribution is -2.36. The van der Waals surface area contributed by atoms with Gasteiger partial charge in [0.05, 0.1) is 31.0 Å². The van der Waals surface area contributed by atoms with Crippen molar-refractivity contribution in [3.05, 3.63) is 35.7 Å². The van der Waals surface area contributed by atoms with Crippen molar-refractivity contribution < 1.29 is 31.9 Å². The van der Waals surface area contributed by atoms with E-state index in [0.29, 0.717) is 12.8 Å². The number of carbonyl (C=O) groups is 2. The van der Waals surface area contributed by atoms with E-state index in [9.17, 15) is 27.2 Å². The highest BCUT2D eigenvalue weighted by Crippen LogP contribution is 2.34. The van der Waals surface area contributed by atoms with E-state index in [2.05, 4.69) is 15.6 Å². The monoisotopic (exact) mass is 470 g/mol. The van der Waals surface area contributed by atoms with Crippen molar-refractivity contribution in [1.29, 1.82) is 0 Å². The Bertz CT molecular complexity index is 1020. The number of piperidine rings is 1. The van der Waals surface area contributed by atoms with Crippen molar-refractivity contribution >= 4 is 23.4 Å². The summed E-state index contributed by atoms with van der Waals surface area (Å²) in [6.45, 7) is 2.04. The maximum atomic E-state index is 14.9. The molecule has 4 rings (SSSR count). The smallest absolute Gasteiger partial charge is 0.414 e. The van der Waals surface area contributed by atoms with Gasteiger partial charge in [-0.3, -0.25) is 9.69 Å². The van der Waals surface area contributed by atoms with Crippen LogP contribution in [0, 0.1) is 11.6 Å². The lowest BCUT2D eigenvalue weighted by atomic mass is 10.0. The molecule has 0 saturated carbocycles. The minimum atomic E-state index is -2.71. The molecule has 0 aliphatic carbocycles. The second-order valence-corrected chi connectivity index (χ2v) is 7.95. The molecule has 2 aliphatic rings. The Balaban J connectivity index is 1.42. The average Bonchev–Trinajstić information content (AvgIpc) is 3.39. The average molecular weight is 470 g/mol. The van der Waals surface area contributed by atoms with E-state index in [1.54, 1.807) is 0 Å². The predicted octanol–water partition coefficient (Wildman–Crippen LogP) is 2.80. The zero-order chi connectivity index (χ0) is 23.7. The topological polar surface area (TPSA) is 92.6 Å². The number of aromatic nitrogens is 3. The summed E-state index contributed by atoms with van der Waals surface area (Å²) in [5.41, 5.74) is -0.614. The number of nitrogens with zero attached hydrogens (tertiary/aromatic N) is 5. The Morgan fingerprint density at radius 2 is 1.91 bits per heavy atom. The van der Waals surface area contributed by atoms with Crippen LogP contribution < -0.4 is 15.1 Å². The number of benzene rings is 1. The van der Waals surface area contributed by atoms with E-state index in [0.717, 1.165) is 17.0 Å². The normalized spacial score (nSPS) is 19.3. The predicted molar refractivity (Wildman–Crippen MR) is 108 cm³/mol. The summed E-state index contributed by atoms with van der Waals surface area (Å²) in [4.78, 5) is 25.8. The van der Waals surface area contributed by atoms with Crippen LogP contribution in [-0.2, 0) is 9.53 Å². The molecular formula is C20H22F4N6O3. The standard InChI is InChI=1S/C20H22F4N6O3/c1-11(31)25-8-14-9-29(20(32)33-14)13-6-15(21)18(16(22)7-13)28-4-2-12(3-5-28)30-10-17(19(23)24)26-27-30/h6-7,10,12,14,19H,2-5,8-9H2,1H3,(H,25,31). The maximum absolute atomic E-state index is 14.9. The van der Waals surface area contributed by atoms with Gasteiger partial charge in [-0.2, -0.15) is 0 Å². The summed E-state index contributed by atoms with van der Waals surface area (Å²) in [5.74, 6) is -1.95. The molecule has 33 heavy (non-hydrogen) atoms. The lowest BCUT2D eigenvalue weighted by Gasteiger charge is -2.34. The second-order valence-electron chi connectivity index (χ2n) is 7.95. The highest BCUT2D eigenvalue weighted by Gasteiger charge is 2.34. The van der Waals surface area contributed by atoms with Gasteiger partial charge in [0.2, 0.25) is 5.91 Å². The molecule has 178 valence electrons. The number of anilines is 2. The fourth-order valence-corrected chi connectivity index (χ4v) is 4.03. The quantitative estimate of drug-likeness (QED) is 0.653. The highest BCUT2D eigenvalue weighted by atomic mass is 19.3. The third-order valence-electron chi connectivity index (χ3n) is 5.67. The number of nitrogens with one attached hydrogen (secondary N) is 1. The van der Waals surface area contributed by atoms with Gasteiger partial charge in [0.1, 0.15) is 17.5 Å². The number of amides is 2. The number of alkyl halides is 2. The largest absolute Gasteiger partial charge is 0.442 e. The summed E-state index contributed by atoms with van der Waals surface area (Å²) in [6, 6.07) is 1.93. The van der Waals surface area contributed by atoms with Crippen LogP contribution in [0.25, 0.3) is 0 Å². The van der Waals surface area contributed by atoms with Crippen LogP contribution in [0.2, 0.25) is 0 Å². The van der Waals surface area contributed by atoms with Gasteiger partial charge in [0.25, 0.3) is 6.43 Å². The molecule has 1 unspecified atom stereocenters. The van der Waals surface area contributed by atoms with E-state index in [4.69, 9.17) is 4.74 Å². The third kappa shape index (κ3) is 4.86. The first-order valence-corrected chi connectivity index (χ1v) is 10.4. The fourth-order valence-electron chi connectivity index (χ4n) is 4.03.